The van der Waals surface area contributed by atoms with Crippen LogP contribution in [0.2, 0.25) is 0 Å². The average molecular weight is 281 g/mol. The lowest BCUT2D eigenvalue weighted by atomic mass is 10.1. The number of carbonyl (C=O) groups is 1. The van der Waals surface area contributed by atoms with Crippen molar-refractivity contribution in [1.82, 2.24) is 4.90 Å². The molecule has 0 aliphatic carbocycles. The molecule has 1 saturated heterocycles. The Hall–Kier alpha value is -1.36. The Balaban J connectivity index is 2.08. The van der Waals surface area contributed by atoms with Gasteiger partial charge in [-0.25, -0.2) is 8.42 Å². The van der Waals surface area contributed by atoms with Crippen LogP contribution in [0.25, 0.3) is 0 Å². The second kappa shape index (κ2) is 5.33. The van der Waals surface area contributed by atoms with Gasteiger partial charge in [0.2, 0.25) is 0 Å². The monoisotopic (exact) mass is 281 g/mol. The molecule has 0 N–H and O–H groups in total. The minimum absolute atomic E-state index is 0.0752. The van der Waals surface area contributed by atoms with E-state index >= 15 is 0 Å². The summed E-state index contributed by atoms with van der Waals surface area (Å²) >= 11 is 0. The topological polar surface area (TPSA) is 54.5 Å². The van der Waals surface area contributed by atoms with Gasteiger partial charge in [0.25, 0.3) is 5.91 Å². The first kappa shape index (κ1) is 14.1. The molecule has 1 heterocycles. The molecule has 4 nitrogen and oxygen atoms in total. The Kier molecular flexibility index (Phi) is 3.94. The molecule has 104 valence electrons. The minimum Gasteiger partial charge on any atom is -0.337 e. The van der Waals surface area contributed by atoms with Gasteiger partial charge in [-0.1, -0.05) is 19.1 Å². The van der Waals surface area contributed by atoms with E-state index in [1.807, 2.05) is 24.3 Å². The molecule has 1 aliphatic rings. The molecule has 0 radical (unpaired) electrons. The van der Waals surface area contributed by atoms with Gasteiger partial charge >= 0.3 is 0 Å². The largest absolute Gasteiger partial charge is 0.337 e. The fourth-order valence-corrected chi connectivity index (χ4v) is 3.31. The fraction of sp³-hybridized carbons (Fsp3) is 0.500. The quantitative estimate of drug-likeness (QED) is 0.844. The van der Waals surface area contributed by atoms with Crippen molar-refractivity contribution in [1.29, 1.82) is 0 Å². The molecule has 1 fully saturated rings. The predicted molar refractivity (Wildman–Crippen MR) is 75.0 cm³/mol. The van der Waals surface area contributed by atoms with E-state index in [0.717, 1.165) is 6.42 Å². The fourth-order valence-electron chi connectivity index (χ4n) is 2.33. The van der Waals surface area contributed by atoms with E-state index in [4.69, 9.17) is 0 Å². The van der Waals surface area contributed by atoms with Crippen LogP contribution in [0.4, 0.5) is 0 Å². The summed E-state index contributed by atoms with van der Waals surface area (Å²) in [6.45, 7) is 2.90. The number of amides is 1. The molecule has 5 heteroatoms. The van der Waals surface area contributed by atoms with Crippen LogP contribution in [0, 0.1) is 0 Å². The van der Waals surface area contributed by atoms with Crippen molar-refractivity contribution in [2.24, 2.45) is 0 Å². The van der Waals surface area contributed by atoms with Crippen molar-refractivity contribution in [3.63, 3.8) is 0 Å². The van der Waals surface area contributed by atoms with Gasteiger partial charge in [-0.05, 0) is 30.5 Å². The van der Waals surface area contributed by atoms with Gasteiger partial charge in [-0.2, -0.15) is 0 Å². The third kappa shape index (κ3) is 3.15. The van der Waals surface area contributed by atoms with E-state index in [2.05, 4.69) is 6.92 Å². The molecular formula is C14H19NO3S. The zero-order valence-electron chi connectivity index (χ0n) is 11.3. The number of likely N-dealkylation sites (tertiary alicyclic amines) is 1. The maximum atomic E-state index is 12.3. The average Bonchev–Trinajstić information content (AvgIpc) is 2.87. The lowest BCUT2D eigenvalue weighted by Crippen LogP contribution is -2.31. The van der Waals surface area contributed by atoms with Gasteiger partial charge < -0.3 is 4.90 Å². The van der Waals surface area contributed by atoms with Gasteiger partial charge in [0, 0.05) is 24.9 Å². The minimum atomic E-state index is -3.06. The molecule has 0 bridgehead atoms. The van der Waals surface area contributed by atoms with Crippen LogP contribution in [0.1, 0.15) is 29.3 Å². The van der Waals surface area contributed by atoms with Crippen molar-refractivity contribution in [3.8, 4) is 0 Å². The van der Waals surface area contributed by atoms with Gasteiger partial charge in [0.15, 0.2) is 9.84 Å². The van der Waals surface area contributed by atoms with Crippen molar-refractivity contribution in [2.45, 2.75) is 25.0 Å². The van der Waals surface area contributed by atoms with Crippen molar-refractivity contribution < 1.29 is 13.2 Å². The Morgan fingerprint density at radius 2 is 1.95 bits per heavy atom. The summed E-state index contributed by atoms with van der Waals surface area (Å²) in [5, 5.41) is -0.411. The molecule has 0 saturated carbocycles. The van der Waals surface area contributed by atoms with E-state index < -0.39 is 15.1 Å². The van der Waals surface area contributed by atoms with Gasteiger partial charge in [-0.15, -0.1) is 0 Å². The standard InChI is InChI=1S/C14H19NO3S/c1-3-11-4-6-12(7-5-11)14(16)15-9-8-13(10-15)19(2,17)18/h4-7,13H,3,8-10H2,1-2H3. The Bertz CT molecular complexity index is 563. The maximum Gasteiger partial charge on any atom is 0.253 e. The van der Waals surface area contributed by atoms with Crippen LogP contribution in [0.15, 0.2) is 24.3 Å². The molecule has 1 aliphatic heterocycles. The summed E-state index contributed by atoms with van der Waals surface area (Å²) in [6, 6.07) is 7.51. The number of nitrogens with zero attached hydrogens (tertiary/aromatic N) is 1. The summed E-state index contributed by atoms with van der Waals surface area (Å²) in [4.78, 5) is 13.9. The van der Waals surface area contributed by atoms with Crippen LogP contribution >= 0.6 is 0 Å². The number of carbonyl (C=O) groups excluding carboxylic acids is 1. The molecule has 1 atom stereocenters. The first-order valence-electron chi connectivity index (χ1n) is 6.49. The second-order valence-electron chi connectivity index (χ2n) is 5.04. The summed E-state index contributed by atoms with van der Waals surface area (Å²) < 4.78 is 23.0. The van der Waals surface area contributed by atoms with Gasteiger partial charge in [-0.3, -0.25) is 4.79 Å². The van der Waals surface area contributed by atoms with Crippen LogP contribution in [-0.4, -0.2) is 43.8 Å². The maximum absolute atomic E-state index is 12.3. The first-order valence-corrected chi connectivity index (χ1v) is 8.44. The van der Waals surface area contributed by atoms with Crippen LogP contribution < -0.4 is 0 Å². The number of rotatable bonds is 3. The Morgan fingerprint density at radius 1 is 1.32 bits per heavy atom. The SMILES string of the molecule is CCc1ccc(C(=O)N2CCC(S(C)(=O)=O)C2)cc1. The Labute approximate surface area is 114 Å². The highest BCUT2D eigenvalue weighted by Crippen LogP contribution is 2.19. The number of aryl methyl sites for hydroxylation is 1. The third-order valence-corrected chi connectivity index (χ3v) is 5.24. The molecule has 2 rings (SSSR count). The van der Waals surface area contributed by atoms with Crippen molar-refractivity contribution >= 4 is 15.7 Å². The van der Waals surface area contributed by atoms with Crippen LogP contribution in [0.3, 0.4) is 0 Å². The smallest absolute Gasteiger partial charge is 0.253 e. The molecule has 0 aromatic heterocycles. The molecule has 1 aromatic rings. The molecule has 1 unspecified atom stereocenters. The summed E-state index contributed by atoms with van der Waals surface area (Å²) in [7, 11) is -3.06. The lowest BCUT2D eigenvalue weighted by Gasteiger charge is -2.16. The van der Waals surface area contributed by atoms with Crippen molar-refractivity contribution in [3.05, 3.63) is 35.4 Å². The molecule has 1 aromatic carbocycles. The number of hydrogen-bond acceptors (Lipinski definition) is 3. The van der Waals surface area contributed by atoms with Gasteiger partial charge in [0.1, 0.15) is 0 Å². The number of hydrogen-bond donors (Lipinski definition) is 0. The normalized spacial score (nSPS) is 19.7. The first-order chi connectivity index (χ1) is 8.91. The second-order valence-corrected chi connectivity index (χ2v) is 7.37. The van der Waals surface area contributed by atoms with Gasteiger partial charge in [0.05, 0.1) is 5.25 Å². The van der Waals surface area contributed by atoms with Crippen molar-refractivity contribution in [2.75, 3.05) is 19.3 Å². The molecule has 19 heavy (non-hydrogen) atoms. The summed E-state index contributed by atoms with van der Waals surface area (Å²) in [5.74, 6) is -0.0752. The molecular weight excluding hydrogens is 262 g/mol. The van der Waals surface area contributed by atoms with E-state index in [1.165, 1.54) is 11.8 Å². The zero-order chi connectivity index (χ0) is 14.0. The highest BCUT2D eigenvalue weighted by molar-refractivity contribution is 7.91. The van der Waals surface area contributed by atoms with E-state index in [1.54, 1.807) is 4.90 Å². The van der Waals surface area contributed by atoms with Crippen LogP contribution in [-0.2, 0) is 16.3 Å². The van der Waals surface area contributed by atoms with E-state index in [0.29, 0.717) is 25.1 Å². The van der Waals surface area contributed by atoms with E-state index in [-0.39, 0.29) is 5.91 Å². The summed E-state index contributed by atoms with van der Waals surface area (Å²) in [5.41, 5.74) is 1.82. The molecule has 1 amide bonds. The predicted octanol–water partition coefficient (Wildman–Crippen LogP) is 1.51. The zero-order valence-corrected chi connectivity index (χ0v) is 12.1. The highest BCUT2D eigenvalue weighted by Gasteiger charge is 2.32. The molecule has 0 spiro atoms. The van der Waals surface area contributed by atoms with Crippen LogP contribution in [0.5, 0.6) is 0 Å². The Morgan fingerprint density at radius 3 is 2.42 bits per heavy atom. The number of benzene rings is 1. The van der Waals surface area contributed by atoms with E-state index in [9.17, 15) is 13.2 Å². The lowest BCUT2D eigenvalue weighted by molar-refractivity contribution is 0.0793. The summed E-state index contributed by atoms with van der Waals surface area (Å²) in [6.07, 6.45) is 2.72. The highest BCUT2D eigenvalue weighted by atomic mass is 32.2. The third-order valence-electron chi connectivity index (χ3n) is 3.65. The number of sulfone groups is 1.